The van der Waals surface area contributed by atoms with Crippen molar-refractivity contribution in [2.45, 2.75) is 25.4 Å². The van der Waals surface area contributed by atoms with Crippen molar-refractivity contribution in [3.8, 4) is 0 Å². The van der Waals surface area contributed by atoms with Crippen LogP contribution in [0.2, 0.25) is 0 Å². The number of hydrogen-bond acceptors (Lipinski definition) is 6. The summed E-state index contributed by atoms with van der Waals surface area (Å²) in [6, 6.07) is 4.06. The van der Waals surface area contributed by atoms with Crippen LogP contribution in [0.15, 0.2) is 24.5 Å². The number of ether oxygens (including phenoxy) is 1. The van der Waals surface area contributed by atoms with Gasteiger partial charge < -0.3 is 15.0 Å². The van der Waals surface area contributed by atoms with Crippen molar-refractivity contribution in [3.05, 3.63) is 24.5 Å². The van der Waals surface area contributed by atoms with E-state index < -0.39 is 0 Å². The topological polar surface area (TPSA) is 63.2 Å². The minimum atomic E-state index is 0.425. The van der Waals surface area contributed by atoms with E-state index in [0.717, 1.165) is 56.2 Å². The number of anilines is 1. The summed E-state index contributed by atoms with van der Waals surface area (Å²) in [6.45, 7) is 5.09. The van der Waals surface area contributed by atoms with Gasteiger partial charge in [-0.2, -0.15) is 0 Å². The molecule has 2 aromatic rings. The van der Waals surface area contributed by atoms with E-state index in [4.69, 9.17) is 4.74 Å². The molecule has 122 valence electrons. The molecule has 0 amide bonds. The number of nitrogens with zero attached hydrogens (tertiary/aromatic N) is 4. The average molecular weight is 313 g/mol. The minimum absolute atomic E-state index is 0.425. The van der Waals surface area contributed by atoms with Crippen LogP contribution < -0.4 is 10.2 Å². The molecule has 0 saturated carbocycles. The highest BCUT2D eigenvalue weighted by Crippen LogP contribution is 2.23. The smallest absolute Gasteiger partial charge is 0.180 e. The summed E-state index contributed by atoms with van der Waals surface area (Å²) in [4.78, 5) is 15.6. The Labute approximate surface area is 136 Å². The summed E-state index contributed by atoms with van der Waals surface area (Å²) >= 11 is 0. The Kier molecular flexibility index (Phi) is 4.35. The van der Waals surface area contributed by atoms with E-state index in [2.05, 4.69) is 31.2 Å². The third-order valence-corrected chi connectivity index (χ3v) is 4.84. The van der Waals surface area contributed by atoms with Crippen molar-refractivity contribution in [3.63, 3.8) is 0 Å². The van der Waals surface area contributed by atoms with Crippen LogP contribution in [0.1, 0.15) is 19.3 Å². The predicted octanol–water partition coefficient (Wildman–Crippen LogP) is 1.62. The molecule has 0 aromatic carbocycles. The molecular weight excluding hydrogens is 290 g/mol. The van der Waals surface area contributed by atoms with Crippen molar-refractivity contribution in [2.75, 3.05) is 37.7 Å². The summed E-state index contributed by atoms with van der Waals surface area (Å²) in [7, 11) is 0. The van der Waals surface area contributed by atoms with Gasteiger partial charge in [0.15, 0.2) is 5.65 Å². The summed E-state index contributed by atoms with van der Waals surface area (Å²) in [6.07, 6.45) is 7.31. The molecule has 6 heteroatoms. The van der Waals surface area contributed by atoms with E-state index in [9.17, 15) is 0 Å². The molecule has 23 heavy (non-hydrogen) atoms. The number of pyridine rings is 1. The number of fused-ring (bicyclic) bond motifs is 1. The fraction of sp³-hybridized carbons (Fsp3) is 0.588. The van der Waals surface area contributed by atoms with Crippen LogP contribution in [0.25, 0.3) is 11.2 Å². The zero-order valence-electron chi connectivity index (χ0n) is 13.3. The van der Waals surface area contributed by atoms with Gasteiger partial charge in [-0.1, -0.05) is 0 Å². The Bertz CT molecular complexity index is 650. The second-order valence-corrected chi connectivity index (χ2v) is 6.45. The quantitative estimate of drug-likeness (QED) is 0.925. The maximum absolute atomic E-state index is 6.03. The van der Waals surface area contributed by atoms with Gasteiger partial charge in [-0.3, -0.25) is 4.98 Å². The molecule has 6 nitrogen and oxygen atoms in total. The van der Waals surface area contributed by atoms with Crippen LogP contribution in [0.3, 0.4) is 0 Å². The van der Waals surface area contributed by atoms with Gasteiger partial charge in [0.2, 0.25) is 0 Å². The van der Waals surface area contributed by atoms with Crippen molar-refractivity contribution >= 4 is 17.0 Å². The number of piperidine rings is 1. The molecule has 1 atom stereocenters. The Morgan fingerprint density at radius 3 is 2.83 bits per heavy atom. The fourth-order valence-corrected chi connectivity index (χ4v) is 3.39. The lowest BCUT2D eigenvalue weighted by Gasteiger charge is -2.33. The lowest BCUT2D eigenvalue weighted by Crippen LogP contribution is -2.36. The molecule has 1 N–H and O–H groups in total. The molecule has 2 saturated heterocycles. The molecule has 1 unspecified atom stereocenters. The Morgan fingerprint density at radius 1 is 1.13 bits per heavy atom. The summed E-state index contributed by atoms with van der Waals surface area (Å²) in [5, 5.41) is 3.35. The number of rotatable bonds is 4. The molecule has 2 aliphatic heterocycles. The molecular formula is C17H23N5O. The second-order valence-electron chi connectivity index (χ2n) is 6.45. The third-order valence-electron chi connectivity index (χ3n) is 4.84. The van der Waals surface area contributed by atoms with E-state index in [-0.39, 0.29) is 0 Å². The van der Waals surface area contributed by atoms with Crippen molar-refractivity contribution in [2.24, 2.45) is 5.92 Å². The van der Waals surface area contributed by atoms with Crippen LogP contribution in [0.4, 0.5) is 5.82 Å². The molecule has 0 radical (unpaired) electrons. The zero-order chi connectivity index (χ0) is 15.5. The summed E-state index contributed by atoms with van der Waals surface area (Å²) in [5.41, 5.74) is 1.58. The van der Waals surface area contributed by atoms with Gasteiger partial charge in [0.05, 0.1) is 6.10 Å². The van der Waals surface area contributed by atoms with Gasteiger partial charge in [-0.05, 0) is 43.9 Å². The van der Waals surface area contributed by atoms with Crippen LogP contribution in [0.5, 0.6) is 0 Å². The maximum Gasteiger partial charge on any atom is 0.180 e. The molecule has 0 bridgehead atoms. The van der Waals surface area contributed by atoms with E-state index in [0.29, 0.717) is 12.0 Å². The molecule has 4 rings (SSSR count). The van der Waals surface area contributed by atoms with Crippen LogP contribution in [-0.4, -0.2) is 53.8 Å². The molecule has 2 fully saturated rings. The SMILES string of the molecule is c1cnc2nc(N3CCC(COC4CCNC4)CC3)ccc2n1. The normalized spacial score (nSPS) is 22.8. The van der Waals surface area contributed by atoms with Gasteiger partial charge in [0.1, 0.15) is 11.3 Å². The highest BCUT2D eigenvalue weighted by Gasteiger charge is 2.23. The predicted molar refractivity (Wildman–Crippen MR) is 89.5 cm³/mol. The molecule has 0 spiro atoms. The lowest BCUT2D eigenvalue weighted by molar-refractivity contribution is 0.0353. The van der Waals surface area contributed by atoms with Crippen molar-refractivity contribution in [1.29, 1.82) is 0 Å². The molecule has 0 aliphatic carbocycles. The average Bonchev–Trinajstić information content (AvgIpc) is 3.14. The van der Waals surface area contributed by atoms with Crippen molar-refractivity contribution in [1.82, 2.24) is 20.3 Å². The Balaban J connectivity index is 1.33. The minimum Gasteiger partial charge on any atom is -0.377 e. The van der Waals surface area contributed by atoms with E-state index in [1.807, 2.05) is 6.07 Å². The van der Waals surface area contributed by atoms with Crippen LogP contribution in [-0.2, 0) is 4.74 Å². The first kappa shape index (κ1) is 14.8. The Morgan fingerprint density at radius 2 is 2.00 bits per heavy atom. The van der Waals surface area contributed by atoms with Gasteiger partial charge >= 0.3 is 0 Å². The van der Waals surface area contributed by atoms with Gasteiger partial charge in [-0.15, -0.1) is 0 Å². The van der Waals surface area contributed by atoms with Crippen LogP contribution >= 0.6 is 0 Å². The number of nitrogens with one attached hydrogen (secondary N) is 1. The molecule has 2 aromatic heterocycles. The number of hydrogen-bond donors (Lipinski definition) is 1. The largest absolute Gasteiger partial charge is 0.377 e. The van der Waals surface area contributed by atoms with E-state index >= 15 is 0 Å². The van der Waals surface area contributed by atoms with Gasteiger partial charge in [0, 0.05) is 38.6 Å². The fourth-order valence-electron chi connectivity index (χ4n) is 3.39. The first-order valence-electron chi connectivity index (χ1n) is 8.53. The monoisotopic (exact) mass is 313 g/mol. The Hall–Kier alpha value is -1.79. The third kappa shape index (κ3) is 3.43. The van der Waals surface area contributed by atoms with Crippen LogP contribution in [0, 0.1) is 5.92 Å². The first-order valence-corrected chi connectivity index (χ1v) is 8.53. The maximum atomic E-state index is 6.03. The first-order chi connectivity index (χ1) is 11.4. The standard InChI is InChI=1S/C17H23N5O/c1-2-16(21-17-15(1)19-7-8-20-17)22-9-4-13(5-10-22)12-23-14-3-6-18-11-14/h1-2,7-8,13-14,18H,3-6,9-12H2. The lowest BCUT2D eigenvalue weighted by atomic mass is 9.97. The summed E-state index contributed by atoms with van der Waals surface area (Å²) < 4.78 is 6.03. The van der Waals surface area contributed by atoms with Crippen molar-refractivity contribution < 1.29 is 4.74 Å². The summed E-state index contributed by atoms with van der Waals surface area (Å²) in [5.74, 6) is 1.68. The number of aromatic nitrogens is 3. The molecule has 4 heterocycles. The highest BCUT2D eigenvalue weighted by molar-refractivity contribution is 5.71. The highest BCUT2D eigenvalue weighted by atomic mass is 16.5. The molecule has 2 aliphatic rings. The zero-order valence-corrected chi connectivity index (χ0v) is 13.3. The van der Waals surface area contributed by atoms with E-state index in [1.165, 1.54) is 12.8 Å². The van der Waals surface area contributed by atoms with Gasteiger partial charge in [-0.25, -0.2) is 9.97 Å². The second kappa shape index (κ2) is 6.76. The van der Waals surface area contributed by atoms with Gasteiger partial charge in [0.25, 0.3) is 0 Å². The van der Waals surface area contributed by atoms with E-state index in [1.54, 1.807) is 12.4 Å².